The van der Waals surface area contributed by atoms with Gasteiger partial charge in [-0.2, -0.15) is 0 Å². The van der Waals surface area contributed by atoms with Crippen LogP contribution in [0.3, 0.4) is 0 Å². The van der Waals surface area contributed by atoms with Crippen molar-refractivity contribution in [2.45, 2.75) is 12.0 Å². The maximum atomic E-state index is 6.59. The fourth-order valence-corrected chi connectivity index (χ4v) is 4.93. The Kier molecular flexibility index (Phi) is 3.09. The summed E-state index contributed by atoms with van der Waals surface area (Å²) in [5.74, 6) is 0.315. The average Bonchev–Trinajstić information content (AvgIpc) is 3.24. The molecule has 0 radical (unpaired) electrons. The first-order valence-corrected chi connectivity index (χ1v) is 9.62. The van der Waals surface area contributed by atoms with E-state index in [9.17, 15) is 0 Å². The first kappa shape index (κ1) is 15.1. The van der Waals surface area contributed by atoms with Gasteiger partial charge in [0.05, 0.1) is 28.0 Å². The summed E-state index contributed by atoms with van der Waals surface area (Å²) in [4.78, 5) is 0. The minimum atomic E-state index is 0.292. The van der Waals surface area contributed by atoms with Gasteiger partial charge in [-0.1, -0.05) is 66.2 Å². The van der Waals surface area contributed by atoms with Crippen LogP contribution in [0.25, 0.3) is 22.7 Å². The molecule has 2 heterocycles. The van der Waals surface area contributed by atoms with Gasteiger partial charge in [-0.05, 0) is 41.5 Å². The lowest BCUT2D eigenvalue weighted by Gasteiger charge is -2.23. The lowest BCUT2D eigenvalue weighted by Crippen LogP contribution is -2.22. The molecular formula is C24H17ClN2. The second kappa shape index (κ2) is 5.51. The number of nitrogens with one attached hydrogen (secondary N) is 1. The Hall–Kier alpha value is -2.97. The van der Waals surface area contributed by atoms with Gasteiger partial charge in [-0.3, -0.25) is 0 Å². The molecule has 3 heteroatoms. The van der Waals surface area contributed by atoms with Crippen LogP contribution in [0.1, 0.15) is 22.7 Å². The van der Waals surface area contributed by atoms with Crippen molar-refractivity contribution in [1.29, 1.82) is 0 Å². The molecule has 2 aliphatic rings. The van der Waals surface area contributed by atoms with E-state index in [0.29, 0.717) is 12.0 Å². The summed E-state index contributed by atoms with van der Waals surface area (Å²) in [6.45, 7) is 0. The largest absolute Gasteiger partial charge is 0.378 e. The van der Waals surface area contributed by atoms with Crippen LogP contribution >= 0.6 is 11.6 Å². The molecule has 0 fully saturated rings. The van der Waals surface area contributed by atoms with Crippen LogP contribution in [0.4, 0.5) is 5.69 Å². The van der Waals surface area contributed by atoms with E-state index in [0.717, 1.165) is 10.7 Å². The van der Waals surface area contributed by atoms with Crippen LogP contribution in [0.2, 0.25) is 5.02 Å². The van der Waals surface area contributed by atoms with Gasteiger partial charge in [0.25, 0.3) is 0 Å². The number of nitrogens with zero attached hydrogens (tertiary/aromatic N) is 1. The normalized spacial score (nSPS) is 19.4. The Balaban J connectivity index is 1.72. The summed E-state index contributed by atoms with van der Waals surface area (Å²) in [7, 11) is 0. The zero-order valence-corrected chi connectivity index (χ0v) is 15.3. The van der Waals surface area contributed by atoms with Crippen LogP contribution in [-0.4, -0.2) is 10.6 Å². The van der Waals surface area contributed by atoms with Crippen LogP contribution < -0.4 is 5.32 Å². The second-order valence-electron chi connectivity index (χ2n) is 7.20. The number of rotatable bonds is 1. The maximum absolute atomic E-state index is 6.59. The van der Waals surface area contributed by atoms with Gasteiger partial charge in [0.1, 0.15) is 0 Å². The fourth-order valence-electron chi connectivity index (χ4n) is 4.71. The van der Waals surface area contributed by atoms with Crippen LogP contribution in [0.15, 0.2) is 78.9 Å². The molecule has 3 aromatic carbocycles. The Morgan fingerprint density at radius 1 is 0.852 bits per heavy atom. The summed E-state index contributed by atoms with van der Waals surface area (Å²) in [6, 6.07) is 25.7. The molecule has 1 aliphatic carbocycles. The summed E-state index contributed by atoms with van der Waals surface area (Å²) in [5.41, 5.74) is 7.44. The minimum Gasteiger partial charge on any atom is -0.378 e. The van der Waals surface area contributed by atoms with Gasteiger partial charge in [-0.25, -0.2) is 0 Å². The number of benzene rings is 3. The van der Waals surface area contributed by atoms with E-state index < -0.39 is 0 Å². The number of para-hydroxylation sites is 3. The zero-order chi connectivity index (χ0) is 18.0. The van der Waals surface area contributed by atoms with Crippen molar-refractivity contribution >= 4 is 34.3 Å². The summed E-state index contributed by atoms with van der Waals surface area (Å²) < 4.78 is 2.31. The van der Waals surface area contributed by atoms with Gasteiger partial charge in [-0.15, -0.1) is 0 Å². The third kappa shape index (κ3) is 2.02. The number of anilines is 1. The zero-order valence-electron chi connectivity index (χ0n) is 14.6. The van der Waals surface area contributed by atoms with E-state index in [1.54, 1.807) is 0 Å². The molecule has 0 bridgehead atoms. The average molecular weight is 369 g/mol. The van der Waals surface area contributed by atoms with E-state index >= 15 is 0 Å². The Labute approximate surface area is 162 Å². The van der Waals surface area contributed by atoms with Crippen molar-refractivity contribution in [1.82, 2.24) is 4.57 Å². The summed E-state index contributed by atoms with van der Waals surface area (Å²) in [5, 5.41) is 5.74. The maximum Gasteiger partial charge on any atom is 0.0648 e. The lowest BCUT2D eigenvalue weighted by molar-refractivity contribution is 0.778. The minimum absolute atomic E-state index is 0.292. The van der Waals surface area contributed by atoms with E-state index in [1.165, 1.54) is 33.4 Å². The monoisotopic (exact) mass is 368 g/mol. The van der Waals surface area contributed by atoms with Crippen molar-refractivity contribution in [3.63, 3.8) is 0 Å². The van der Waals surface area contributed by atoms with Gasteiger partial charge >= 0.3 is 0 Å². The molecule has 0 spiro atoms. The highest BCUT2D eigenvalue weighted by molar-refractivity contribution is 6.32. The van der Waals surface area contributed by atoms with Crippen molar-refractivity contribution in [2.75, 3.05) is 5.32 Å². The second-order valence-corrected chi connectivity index (χ2v) is 7.60. The van der Waals surface area contributed by atoms with E-state index in [4.69, 9.17) is 11.6 Å². The van der Waals surface area contributed by atoms with Crippen molar-refractivity contribution in [3.05, 3.63) is 101 Å². The van der Waals surface area contributed by atoms with Crippen molar-refractivity contribution in [2.24, 2.45) is 0 Å². The molecule has 2 atom stereocenters. The lowest BCUT2D eigenvalue weighted by atomic mass is 9.83. The number of aromatic nitrogens is 1. The quantitative estimate of drug-likeness (QED) is 0.421. The Morgan fingerprint density at radius 2 is 1.63 bits per heavy atom. The molecule has 6 rings (SSSR count). The molecule has 1 aromatic heterocycles. The SMILES string of the molecule is Clc1ccccc1-n1c2c(c3ccccc31)C1c3ccccc3NC1C=C2. The number of halogens is 1. The third-order valence-electron chi connectivity index (χ3n) is 5.79. The number of hydrogen-bond donors (Lipinski definition) is 1. The molecule has 0 amide bonds. The van der Waals surface area contributed by atoms with Gasteiger partial charge in [0.15, 0.2) is 0 Å². The molecule has 1 aliphatic heterocycles. The number of hydrogen-bond acceptors (Lipinski definition) is 1. The Morgan fingerprint density at radius 3 is 2.56 bits per heavy atom. The molecule has 0 saturated carbocycles. The molecule has 27 heavy (non-hydrogen) atoms. The van der Waals surface area contributed by atoms with E-state index in [2.05, 4.69) is 76.6 Å². The summed E-state index contributed by atoms with van der Waals surface area (Å²) >= 11 is 6.59. The predicted molar refractivity (Wildman–Crippen MR) is 113 cm³/mol. The first-order chi connectivity index (χ1) is 13.3. The van der Waals surface area contributed by atoms with Gasteiger partial charge in [0, 0.05) is 17.0 Å². The van der Waals surface area contributed by atoms with Crippen LogP contribution in [-0.2, 0) is 0 Å². The van der Waals surface area contributed by atoms with E-state index in [-0.39, 0.29) is 0 Å². The third-order valence-corrected chi connectivity index (χ3v) is 6.11. The van der Waals surface area contributed by atoms with Crippen molar-refractivity contribution < 1.29 is 0 Å². The van der Waals surface area contributed by atoms with Crippen molar-refractivity contribution in [3.8, 4) is 5.69 Å². The molecule has 2 nitrogen and oxygen atoms in total. The number of fused-ring (bicyclic) bond motifs is 7. The van der Waals surface area contributed by atoms with Gasteiger partial charge < -0.3 is 9.88 Å². The standard InChI is InChI=1S/C24H17ClN2/c25-17-9-3-6-12-21(17)27-20-11-5-2-8-16(20)24-22(27)14-13-19-23(24)15-7-1-4-10-18(15)26-19/h1-14,19,23,26H. The Bertz CT molecular complexity index is 1230. The highest BCUT2D eigenvalue weighted by Crippen LogP contribution is 2.49. The molecular weight excluding hydrogens is 352 g/mol. The molecule has 1 N–H and O–H groups in total. The highest BCUT2D eigenvalue weighted by atomic mass is 35.5. The molecule has 130 valence electrons. The summed E-state index contributed by atoms with van der Waals surface area (Å²) in [6.07, 6.45) is 4.54. The van der Waals surface area contributed by atoms with Gasteiger partial charge in [0.2, 0.25) is 0 Å². The first-order valence-electron chi connectivity index (χ1n) is 9.25. The highest BCUT2D eigenvalue weighted by Gasteiger charge is 2.38. The van der Waals surface area contributed by atoms with Crippen LogP contribution in [0.5, 0.6) is 0 Å². The predicted octanol–water partition coefficient (Wildman–Crippen LogP) is 6.24. The van der Waals surface area contributed by atoms with Crippen LogP contribution in [0, 0.1) is 0 Å². The molecule has 2 unspecified atom stereocenters. The molecule has 4 aromatic rings. The molecule has 0 saturated heterocycles. The van der Waals surface area contributed by atoms with E-state index in [1.807, 2.05) is 18.2 Å². The topological polar surface area (TPSA) is 17.0 Å². The fraction of sp³-hybridized carbons (Fsp3) is 0.0833. The smallest absolute Gasteiger partial charge is 0.0648 e.